The quantitative estimate of drug-likeness (QED) is 0.717. The van der Waals surface area contributed by atoms with Gasteiger partial charge >= 0.3 is 0 Å². The van der Waals surface area contributed by atoms with Crippen LogP contribution in [-0.4, -0.2) is 35.4 Å². The summed E-state index contributed by atoms with van der Waals surface area (Å²) in [7, 11) is 0. The molecule has 0 saturated carbocycles. The lowest BCUT2D eigenvalue weighted by Crippen LogP contribution is -2.43. The molecule has 0 spiro atoms. The zero-order valence-corrected chi connectivity index (χ0v) is 16.4. The average molecular weight is 380 g/mol. The molecule has 1 amide bonds. The minimum absolute atomic E-state index is 0.167. The van der Waals surface area contributed by atoms with Crippen molar-refractivity contribution >= 4 is 27.5 Å². The standard InChI is InChI=1S/C22H25N3OS/c1-16(17-8-3-2-4-9-17)23-14-21(26)25-13-7-10-18(15-25)22-24-19-11-5-6-12-20(19)27-22/h2-6,8-9,11-12,16,18,23H,7,10,13-15H2,1H3/t16-,18+/m0/s1. The Morgan fingerprint density at radius 1 is 1.22 bits per heavy atom. The smallest absolute Gasteiger partial charge is 0.236 e. The molecular weight excluding hydrogens is 354 g/mol. The third-order valence-corrected chi connectivity index (χ3v) is 6.49. The Bertz CT molecular complexity index is 875. The summed E-state index contributed by atoms with van der Waals surface area (Å²) in [6, 6.07) is 18.7. The Labute approximate surface area is 164 Å². The molecule has 3 aromatic rings. The first kappa shape index (κ1) is 18.1. The number of aromatic nitrogens is 1. The fourth-order valence-corrected chi connectivity index (χ4v) is 4.77. The van der Waals surface area contributed by atoms with Crippen molar-refractivity contribution in [3.63, 3.8) is 0 Å². The molecule has 0 bridgehead atoms. The highest BCUT2D eigenvalue weighted by Crippen LogP contribution is 2.32. The van der Waals surface area contributed by atoms with Crippen LogP contribution in [0.3, 0.4) is 0 Å². The van der Waals surface area contributed by atoms with E-state index in [0.717, 1.165) is 31.4 Å². The molecule has 0 unspecified atom stereocenters. The number of nitrogens with zero attached hydrogens (tertiary/aromatic N) is 2. The third kappa shape index (κ3) is 4.20. The zero-order valence-electron chi connectivity index (χ0n) is 15.6. The second-order valence-electron chi connectivity index (χ2n) is 7.21. The van der Waals surface area contributed by atoms with Gasteiger partial charge in [-0.3, -0.25) is 4.79 Å². The first-order chi connectivity index (χ1) is 13.2. The lowest BCUT2D eigenvalue weighted by molar-refractivity contribution is -0.131. The molecule has 0 aliphatic carbocycles. The molecule has 0 radical (unpaired) electrons. The highest BCUT2D eigenvalue weighted by Gasteiger charge is 2.27. The molecule has 2 atom stereocenters. The van der Waals surface area contributed by atoms with Gasteiger partial charge in [-0.15, -0.1) is 11.3 Å². The molecule has 4 nitrogen and oxygen atoms in total. The number of piperidine rings is 1. The van der Waals surface area contributed by atoms with E-state index in [2.05, 4.69) is 42.6 Å². The summed E-state index contributed by atoms with van der Waals surface area (Å²) in [5, 5.41) is 4.53. The van der Waals surface area contributed by atoms with Crippen LogP contribution < -0.4 is 5.32 Å². The van der Waals surface area contributed by atoms with E-state index in [4.69, 9.17) is 4.98 Å². The lowest BCUT2D eigenvalue weighted by atomic mass is 9.98. The van der Waals surface area contributed by atoms with Crippen LogP contribution in [0.25, 0.3) is 10.2 Å². The Hall–Kier alpha value is -2.24. The van der Waals surface area contributed by atoms with Gasteiger partial charge in [0, 0.05) is 25.0 Å². The van der Waals surface area contributed by atoms with Crippen LogP contribution >= 0.6 is 11.3 Å². The fraction of sp³-hybridized carbons (Fsp3) is 0.364. The van der Waals surface area contributed by atoms with Gasteiger partial charge in [-0.1, -0.05) is 42.5 Å². The average Bonchev–Trinajstić information content (AvgIpc) is 3.17. The van der Waals surface area contributed by atoms with Gasteiger partial charge in [0.15, 0.2) is 0 Å². The van der Waals surface area contributed by atoms with Crippen LogP contribution in [0.2, 0.25) is 0 Å². The molecule has 5 heteroatoms. The number of carbonyl (C=O) groups is 1. The fourth-order valence-electron chi connectivity index (χ4n) is 3.68. The third-order valence-electron chi connectivity index (χ3n) is 5.29. The highest BCUT2D eigenvalue weighted by molar-refractivity contribution is 7.18. The number of rotatable bonds is 5. The monoisotopic (exact) mass is 379 g/mol. The van der Waals surface area contributed by atoms with Crippen molar-refractivity contribution in [2.75, 3.05) is 19.6 Å². The van der Waals surface area contributed by atoms with Gasteiger partial charge in [0.2, 0.25) is 5.91 Å². The van der Waals surface area contributed by atoms with Gasteiger partial charge in [-0.05, 0) is 37.5 Å². The van der Waals surface area contributed by atoms with E-state index >= 15 is 0 Å². The summed E-state index contributed by atoms with van der Waals surface area (Å²) in [6.07, 6.45) is 2.15. The SMILES string of the molecule is C[C@H](NCC(=O)N1CCC[C@@H](c2nc3ccccc3s2)C1)c1ccccc1. The number of hydrogen-bond donors (Lipinski definition) is 1. The minimum Gasteiger partial charge on any atom is -0.341 e. The van der Waals surface area contributed by atoms with Gasteiger partial charge in [0.05, 0.1) is 21.8 Å². The minimum atomic E-state index is 0.167. The highest BCUT2D eigenvalue weighted by atomic mass is 32.1. The molecule has 140 valence electrons. The van der Waals surface area contributed by atoms with E-state index in [1.54, 1.807) is 11.3 Å². The van der Waals surface area contributed by atoms with Crippen LogP contribution in [0.1, 0.15) is 42.3 Å². The van der Waals surface area contributed by atoms with E-state index in [9.17, 15) is 4.79 Å². The number of carbonyl (C=O) groups excluding carboxylic acids is 1. The maximum Gasteiger partial charge on any atom is 0.236 e. The van der Waals surface area contributed by atoms with E-state index in [-0.39, 0.29) is 11.9 Å². The molecule has 1 fully saturated rings. The predicted octanol–water partition coefficient (Wildman–Crippen LogP) is 4.35. The Morgan fingerprint density at radius 3 is 2.81 bits per heavy atom. The molecule has 1 aliphatic rings. The molecular formula is C22H25N3OS. The second kappa shape index (κ2) is 8.19. The molecule has 27 heavy (non-hydrogen) atoms. The number of benzene rings is 2. The van der Waals surface area contributed by atoms with Gasteiger partial charge in [0.25, 0.3) is 0 Å². The van der Waals surface area contributed by atoms with Crippen molar-refractivity contribution in [2.45, 2.75) is 31.7 Å². The van der Waals surface area contributed by atoms with Crippen LogP contribution in [0.4, 0.5) is 0 Å². The normalized spacial score (nSPS) is 18.6. The van der Waals surface area contributed by atoms with Crippen molar-refractivity contribution in [1.82, 2.24) is 15.2 Å². The van der Waals surface area contributed by atoms with Crippen LogP contribution in [-0.2, 0) is 4.79 Å². The topological polar surface area (TPSA) is 45.2 Å². The predicted molar refractivity (Wildman–Crippen MR) is 111 cm³/mol. The Balaban J connectivity index is 1.36. The molecule has 1 aromatic heterocycles. The molecule has 2 aromatic carbocycles. The number of thiazole rings is 1. The number of nitrogens with one attached hydrogen (secondary N) is 1. The number of amides is 1. The summed E-state index contributed by atoms with van der Waals surface area (Å²) in [5.41, 5.74) is 2.27. The van der Waals surface area contributed by atoms with E-state index in [1.165, 1.54) is 15.3 Å². The summed E-state index contributed by atoms with van der Waals surface area (Å²) < 4.78 is 1.23. The largest absolute Gasteiger partial charge is 0.341 e. The molecule has 1 aliphatic heterocycles. The summed E-state index contributed by atoms with van der Waals surface area (Å²) in [4.78, 5) is 19.5. The first-order valence-corrected chi connectivity index (χ1v) is 10.4. The molecule has 4 rings (SSSR count). The molecule has 2 heterocycles. The number of likely N-dealkylation sites (tertiary alicyclic amines) is 1. The van der Waals surface area contributed by atoms with Crippen molar-refractivity contribution < 1.29 is 4.79 Å². The van der Waals surface area contributed by atoms with Gasteiger partial charge in [0.1, 0.15) is 0 Å². The zero-order chi connectivity index (χ0) is 18.6. The second-order valence-corrected chi connectivity index (χ2v) is 8.27. The Kier molecular flexibility index (Phi) is 5.50. The lowest BCUT2D eigenvalue weighted by Gasteiger charge is -2.32. The van der Waals surface area contributed by atoms with E-state index in [1.807, 2.05) is 29.2 Å². The van der Waals surface area contributed by atoms with Gasteiger partial charge < -0.3 is 10.2 Å². The van der Waals surface area contributed by atoms with Gasteiger partial charge in [-0.2, -0.15) is 0 Å². The summed E-state index contributed by atoms with van der Waals surface area (Å²) in [5.74, 6) is 0.537. The molecule has 1 N–H and O–H groups in total. The summed E-state index contributed by atoms with van der Waals surface area (Å²) >= 11 is 1.77. The van der Waals surface area contributed by atoms with Crippen molar-refractivity contribution in [3.05, 3.63) is 65.2 Å². The summed E-state index contributed by atoms with van der Waals surface area (Å²) in [6.45, 7) is 4.10. The number of hydrogen-bond acceptors (Lipinski definition) is 4. The number of para-hydroxylation sites is 1. The van der Waals surface area contributed by atoms with Crippen LogP contribution in [0.5, 0.6) is 0 Å². The van der Waals surface area contributed by atoms with Crippen molar-refractivity contribution in [1.29, 1.82) is 0 Å². The van der Waals surface area contributed by atoms with Gasteiger partial charge in [-0.25, -0.2) is 4.98 Å². The maximum atomic E-state index is 12.7. The van der Waals surface area contributed by atoms with E-state index < -0.39 is 0 Å². The van der Waals surface area contributed by atoms with Crippen LogP contribution in [0.15, 0.2) is 54.6 Å². The number of fused-ring (bicyclic) bond motifs is 1. The molecule has 1 saturated heterocycles. The Morgan fingerprint density at radius 2 is 2.00 bits per heavy atom. The van der Waals surface area contributed by atoms with Crippen molar-refractivity contribution in [3.8, 4) is 0 Å². The van der Waals surface area contributed by atoms with Crippen molar-refractivity contribution in [2.24, 2.45) is 0 Å². The van der Waals surface area contributed by atoms with E-state index in [0.29, 0.717) is 12.5 Å². The van der Waals surface area contributed by atoms with Crippen LogP contribution in [0, 0.1) is 0 Å². The maximum absolute atomic E-state index is 12.7. The first-order valence-electron chi connectivity index (χ1n) is 9.62.